The summed E-state index contributed by atoms with van der Waals surface area (Å²) in [6.07, 6.45) is 0. The Morgan fingerprint density at radius 1 is 0.833 bits per heavy atom. The fraction of sp³-hybridized carbons (Fsp3) is 0. The van der Waals surface area contributed by atoms with Gasteiger partial charge >= 0.3 is 0 Å². The largest absolute Gasteiger partial charge is 0.291 e. The molecule has 3 rings (SSSR count). The lowest BCUT2D eigenvalue weighted by molar-refractivity contribution is 0.390. The molecule has 0 bridgehead atoms. The Balaban J connectivity index is 2.65. The molecular weight excluding hydrogens is 228 g/mol. The minimum absolute atomic E-state index is 0.403. The average molecular weight is 238 g/mol. The van der Waals surface area contributed by atoms with Gasteiger partial charge in [0.25, 0.3) is 0 Å². The van der Waals surface area contributed by atoms with Crippen LogP contribution in [0, 0.1) is 4.91 Å². The van der Waals surface area contributed by atoms with Crippen LogP contribution < -0.4 is 5.48 Å². The van der Waals surface area contributed by atoms with E-state index in [2.05, 4.69) is 10.7 Å². The minimum atomic E-state index is 0.403. The predicted molar refractivity (Wildman–Crippen MR) is 72.3 cm³/mol. The van der Waals surface area contributed by atoms with E-state index < -0.39 is 0 Å². The minimum Gasteiger partial charge on any atom is -0.291 e. The molecule has 0 radical (unpaired) electrons. The van der Waals surface area contributed by atoms with Gasteiger partial charge in [0, 0.05) is 21.5 Å². The molecule has 0 unspecified atom stereocenters. The fourth-order valence-electron chi connectivity index (χ4n) is 2.32. The molecule has 0 amide bonds. The Morgan fingerprint density at radius 3 is 1.67 bits per heavy atom. The van der Waals surface area contributed by atoms with Crippen molar-refractivity contribution in [3.63, 3.8) is 0 Å². The monoisotopic (exact) mass is 238 g/mol. The second-order valence-corrected chi connectivity index (χ2v) is 4.02. The van der Waals surface area contributed by atoms with Crippen molar-refractivity contribution in [2.45, 2.75) is 0 Å². The molecule has 4 nitrogen and oxygen atoms in total. The van der Waals surface area contributed by atoms with Gasteiger partial charge in [-0.1, -0.05) is 48.5 Å². The molecule has 4 heteroatoms. The lowest BCUT2D eigenvalue weighted by Gasteiger charge is -2.11. The summed E-state index contributed by atoms with van der Waals surface area (Å²) in [6.45, 7) is 0. The van der Waals surface area contributed by atoms with Crippen molar-refractivity contribution in [2.24, 2.45) is 5.18 Å². The van der Waals surface area contributed by atoms with Crippen molar-refractivity contribution in [2.75, 3.05) is 5.48 Å². The van der Waals surface area contributed by atoms with Gasteiger partial charge in [-0.05, 0) is 5.18 Å². The summed E-state index contributed by atoms with van der Waals surface area (Å²) in [4.78, 5) is 11.1. The van der Waals surface area contributed by atoms with E-state index >= 15 is 0 Å². The third-order valence-corrected chi connectivity index (χ3v) is 3.11. The van der Waals surface area contributed by atoms with Crippen LogP contribution in [-0.2, 0) is 0 Å². The maximum Gasteiger partial charge on any atom is 0.123 e. The molecule has 0 saturated heterocycles. The fourth-order valence-corrected chi connectivity index (χ4v) is 2.32. The molecule has 3 aromatic carbocycles. The van der Waals surface area contributed by atoms with Gasteiger partial charge in [-0.3, -0.25) is 10.7 Å². The number of rotatable bonds is 2. The molecule has 18 heavy (non-hydrogen) atoms. The van der Waals surface area contributed by atoms with Crippen LogP contribution in [0.3, 0.4) is 0 Å². The SMILES string of the molecule is O=Nc1c2ccccc2c(NO)c2ccccc12. The van der Waals surface area contributed by atoms with E-state index in [1.165, 1.54) is 0 Å². The summed E-state index contributed by atoms with van der Waals surface area (Å²) in [5.74, 6) is 0. The standard InChI is InChI=1S/C14H10N2O2/c17-15-13-9-5-1-2-6-10(9)14(16-18)12-8-4-3-7-11(12)13/h1-8,15,17H. The number of nitroso groups, excluding NO2 is 1. The van der Waals surface area contributed by atoms with E-state index in [-0.39, 0.29) is 0 Å². The topological polar surface area (TPSA) is 61.7 Å². The lowest BCUT2D eigenvalue weighted by Crippen LogP contribution is -1.93. The van der Waals surface area contributed by atoms with E-state index in [9.17, 15) is 10.1 Å². The van der Waals surface area contributed by atoms with Gasteiger partial charge in [0.05, 0.1) is 5.69 Å². The number of fused-ring (bicyclic) bond motifs is 2. The van der Waals surface area contributed by atoms with Crippen molar-refractivity contribution in [3.05, 3.63) is 53.4 Å². The molecule has 2 N–H and O–H groups in total. The zero-order valence-corrected chi connectivity index (χ0v) is 9.42. The molecular formula is C14H10N2O2. The highest BCUT2D eigenvalue weighted by Crippen LogP contribution is 2.40. The zero-order valence-electron chi connectivity index (χ0n) is 9.42. The first kappa shape index (κ1) is 10.7. The van der Waals surface area contributed by atoms with E-state index in [1.54, 1.807) is 0 Å². The highest BCUT2D eigenvalue weighted by molar-refractivity contribution is 6.18. The highest BCUT2D eigenvalue weighted by atomic mass is 16.5. The summed E-state index contributed by atoms with van der Waals surface area (Å²) in [7, 11) is 0. The Hall–Kier alpha value is -2.46. The summed E-state index contributed by atoms with van der Waals surface area (Å²) in [6, 6.07) is 14.7. The van der Waals surface area contributed by atoms with Crippen molar-refractivity contribution in [3.8, 4) is 0 Å². The number of hydrogen-bond donors (Lipinski definition) is 2. The molecule has 0 saturated carbocycles. The van der Waals surface area contributed by atoms with Crippen molar-refractivity contribution >= 4 is 32.9 Å². The molecule has 0 atom stereocenters. The van der Waals surface area contributed by atoms with E-state index in [0.29, 0.717) is 11.4 Å². The molecule has 0 spiro atoms. The van der Waals surface area contributed by atoms with E-state index in [4.69, 9.17) is 0 Å². The second-order valence-electron chi connectivity index (χ2n) is 4.02. The lowest BCUT2D eigenvalue weighted by atomic mass is 9.99. The molecule has 0 aliphatic rings. The maximum absolute atomic E-state index is 11.1. The van der Waals surface area contributed by atoms with Gasteiger partial charge < -0.3 is 0 Å². The number of benzene rings is 3. The summed E-state index contributed by atoms with van der Waals surface area (Å²) < 4.78 is 0. The van der Waals surface area contributed by atoms with Crippen LogP contribution in [0.15, 0.2) is 53.7 Å². The van der Waals surface area contributed by atoms with Gasteiger partial charge in [0.15, 0.2) is 0 Å². The number of hydrogen-bond acceptors (Lipinski definition) is 4. The van der Waals surface area contributed by atoms with Gasteiger partial charge in [-0.2, -0.15) is 0 Å². The van der Waals surface area contributed by atoms with Crippen LogP contribution in [0.1, 0.15) is 0 Å². The first-order chi connectivity index (χ1) is 8.86. The average Bonchev–Trinajstić information content (AvgIpc) is 2.44. The number of nitrogens with one attached hydrogen (secondary N) is 1. The van der Waals surface area contributed by atoms with Crippen LogP contribution in [0.5, 0.6) is 0 Å². The molecule has 88 valence electrons. The molecule has 0 aliphatic carbocycles. The number of nitrogens with zero attached hydrogens (tertiary/aromatic N) is 1. The second kappa shape index (κ2) is 4.09. The zero-order chi connectivity index (χ0) is 12.5. The quantitative estimate of drug-likeness (QED) is 0.399. The normalized spacial score (nSPS) is 10.7. The molecule has 0 fully saturated rings. The van der Waals surface area contributed by atoms with Gasteiger partial charge in [0.1, 0.15) is 5.69 Å². The number of anilines is 1. The summed E-state index contributed by atoms with van der Waals surface area (Å²) in [5, 5.41) is 15.5. The predicted octanol–water partition coefficient (Wildman–Crippen LogP) is 4.19. The van der Waals surface area contributed by atoms with Crippen molar-refractivity contribution in [1.82, 2.24) is 0 Å². The van der Waals surface area contributed by atoms with Crippen molar-refractivity contribution < 1.29 is 5.21 Å². The first-order valence-electron chi connectivity index (χ1n) is 5.53. The Labute approximate surface area is 103 Å². The summed E-state index contributed by atoms with van der Waals surface area (Å²) >= 11 is 0. The Morgan fingerprint density at radius 2 is 1.28 bits per heavy atom. The molecule has 0 aliphatic heterocycles. The smallest absolute Gasteiger partial charge is 0.123 e. The van der Waals surface area contributed by atoms with Crippen LogP contribution in [0.4, 0.5) is 11.4 Å². The van der Waals surface area contributed by atoms with Crippen molar-refractivity contribution in [1.29, 1.82) is 0 Å². The summed E-state index contributed by atoms with van der Waals surface area (Å²) in [5.41, 5.74) is 3.21. The van der Waals surface area contributed by atoms with Crippen LogP contribution in [0.2, 0.25) is 0 Å². The van der Waals surface area contributed by atoms with Gasteiger partial charge in [-0.25, -0.2) is 0 Å². The van der Waals surface area contributed by atoms with Crippen LogP contribution in [-0.4, -0.2) is 5.21 Å². The van der Waals surface area contributed by atoms with E-state index in [1.807, 2.05) is 48.5 Å². The third kappa shape index (κ3) is 1.36. The van der Waals surface area contributed by atoms with Gasteiger partial charge in [-0.15, -0.1) is 4.91 Å². The van der Waals surface area contributed by atoms with Crippen LogP contribution >= 0.6 is 0 Å². The van der Waals surface area contributed by atoms with E-state index in [0.717, 1.165) is 21.5 Å². The third-order valence-electron chi connectivity index (χ3n) is 3.11. The Bertz CT molecular complexity index is 696. The highest BCUT2D eigenvalue weighted by Gasteiger charge is 2.13. The van der Waals surface area contributed by atoms with Gasteiger partial charge in [0.2, 0.25) is 0 Å². The van der Waals surface area contributed by atoms with Crippen LogP contribution in [0.25, 0.3) is 21.5 Å². The first-order valence-corrected chi connectivity index (χ1v) is 5.53. The molecule has 0 heterocycles. The molecule has 3 aromatic rings. The maximum atomic E-state index is 11.1. The Kier molecular flexibility index (Phi) is 2.42. The molecule has 0 aromatic heterocycles.